The van der Waals surface area contributed by atoms with Gasteiger partial charge in [0.15, 0.2) is 12.2 Å². The smallest absolute Gasteiger partial charge is 0.462 e. The number of carbonyl (C=O) groups excluding carboxylic acids is 4. The van der Waals surface area contributed by atoms with E-state index < -0.39 is 97.5 Å². The Kier molecular flexibility index (Phi) is 71.0. The zero-order valence-corrected chi connectivity index (χ0v) is 68.4. The summed E-state index contributed by atoms with van der Waals surface area (Å²) in [4.78, 5) is 73.1. The molecular formula is C83H158O17P2. The van der Waals surface area contributed by atoms with E-state index in [9.17, 15) is 43.2 Å². The molecule has 19 heteroatoms. The number of hydrogen-bond acceptors (Lipinski definition) is 15. The average Bonchev–Trinajstić information content (AvgIpc) is 0.918. The Morgan fingerprint density at radius 2 is 0.578 bits per heavy atom. The highest BCUT2D eigenvalue weighted by molar-refractivity contribution is 7.47. The van der Waals surface area contributed by atoms with Crippen LogP contribution in [-0.4, -0.2) is 96.7 Å². The Labute approximate surface area is 624 Å². The van der Waals surface area contributed by atoms with Crippen molar-refractivity contribution in [2.75, 3.05) is 39.6 Å². The molecule has 0 heterocycles. The van der Waals surface area contributed by atoms with Gasteiger partial charge in [-0.3, -0.25) is 37.3 Å². The summed E-state index contributed by atoms with van der Waals surface area (Å²) in [5.41, 5.74) is 0. The average molecular weight is 1490 g/mol. The number of aliphatic hydroxyl groups is 1. The van der Waals surface area contributed by atoms with Crippen LogP contribution < -0.4 is 0 Å². The van der Waals surface area contributed by atoms with Gasteiger partial charge in [-0.1, -0.05) is 355 Å². The maximum atomic E-state index is 13.1. The number of phosphoric acid groups is 2. The van der Waals surface area contributed by atoms with Crippen LogP contribution in [-0.2, 0) is 65.4 Å². The summed E-state index contributed by atoms with van der Waals surface area (Å²) in [7, 11) is -9.94. The molecule has 4 unspecified atom stereocenters. The number of esters is 4. The number of hydrogen-bond donors (Lipinski definition) is 3. The molecule has 0 spiro atoms. The summed E-state index contributed by atoms with van der Waals surface area (Å²) >= 11 is 0. The first-order valence-corrected chi connectivity index (χ1v) is 45.2. The van der Waals surface area contributed by atoms with Crippen molar-refractivity contribution >= 4 is 39.5 Å². The molecule has 0 aliphatic heterocycles. The van der Waals surface area contributed by atoms with Crippen LogP contribution in [0.1, 0.15) is 408 Å². The first-order valence-electron chi connectivity index (χ1n) is 42.2. The molecule has 0 bridgehead atoms. The molecule has 0 aromatic heterocycles. The van der Waals surface area contributed by atoms with E-state index in [1.165, 1.54) is 193 Å². The van der Waals surface area contributed by atoms with E-state index in [4.69, 9.17) is 37.0 Å². The molecule has 0 fully saturated rings. The minimum absolute atomic E-state index is 0.101. The molecule has 7 atom stereocenters. The van der Waals surface area contributed by atoms with Crippen LogP contribution in [0.5, 0.6) is 0 Å². The fourth-order valence-electron chi connectivity index (χ4n) is 12.2. The van der Waals surface area contributed by atoms with Gasteiger partial charge in [0.25, 0.3) is 0 Å². The van der Waals surface area contributed by atoms with Gasteiger partial charge in [-0.15, -0.1) is 0 Å². The number of ether oxygens (including phenoxy) is 4. The van der Waals surface area contributed by atoms with Crippen molar-refractivity contribution in [1.29, 1.82) is 0 Å². The lowest BCUT2D eigenvalue weighted by Gasteiger charge is -2.21. The molecule has 0 amide bonds. The lowest BCUT2D eigenvalue weighted by Crippen LogP contribution is -2.30. The molecule has 0 saturated carbocycles. The van der Waals surface area contributed by atoms with E-state index in [2.05, 4.69) is 72.8 Å². The van der Waals surface area contributed by atoms with Crippen molar-refractivity contribution in [2.24, 2.45) is 17.8 Å². The summed E-state index contributed by atoms with van der Waals surface area (Å²) in [6.07, 6.45) is 64.6. The third kappa shape index (κ3) is 73.1. The number of rotatable bonds is 79. The van der Waals surface area contributed by atoms with Crippen LogP contribution in [0.15, 0.2) is 24.3 Å². The lowest BCUT2D eigenvalue weighted by molar-refractivity contribution is -0.161. The van der Waals surface area contributed by atoms with Crippen molar-refractivity contribution in [1.82, 2.24) is 0 Å². The van der Waals surface area contributed by atoms with Crippen molar-refractivity contribution < 1.29 is 80.2 Å². The largest absolute Gasteiger partial charge is 0.472 e. The third-order valence-corrected chi connectivity index (χ3v) is 21.4. The number of unbranched alkanes of at least 4 members (excludes halogenated alkanes) is 42. The molecule has 0 aliphatic carbocycles. The maximum absolute atomic E-state index is 13.1. The Balaban J connectivity index is 5.27. The Morgan fingerprint density at radius 1 is 0.324 bits per heavy atom. The highest BCUT2D eigenvalue weighted by Crippen LogP contribution is 2.45. The SMILES string of the molecule is CCCCCC/C=C\C=C/CCCCCCCC(=O)OC[C@H](COP(=O)(O)OC[C@@H](O)COP(=O)(O)OC[C@@H](COC(=O)CCCCCCCCC(C)CC)OC(=O)CCCCCCCCCCCCCCCCC(C)CC)OC(=O)CCCCCCCCCCCCCCCCCCC(C)C. The maximum Gasteiger partial charge on any atom is 0.472 e. The molecule has 0 aliphatic rings. The van der Waals surface area contributed by atoms with Gasteiger partial charge >= 0.3 is 39.5 Å². The van der Waals surface area contributed by atoms with E-state index in [-0.39, 0.29) is 25.7 Å². The highest BCUT2D eigenvalue weighted by Gasteiger charge is 2.30. The topological polar surface area (TPSA) is 237 Å². The number of allylic oxidation sites excluding steroid dienone is 4. The van der Waals surface area contributed by atoms with Crippen LogP contribution in [0.25, 0.3) is 0 Å². The predicted octanol–water partition coefficient (Wildman–Crippen LogP) is 24.5. The first kappa shape index (κ1) is 99.5. The third-order valence-electron chi connectivity index (χ3n) is 19.5. The second-order valence-electron chi connectivity index (χ2n) is 30.1. The molecule has 0 radical (unpaired) electrons. The van der Waals surface area contributed by atoms with E-state index >= 15 is 0 Å². The number of phosphoric ester groups is 2. The summed E-state index contributed by atoms with van der Waals surface area (Å²) in [6, 6.07) is 0. The summed E-state index contributed by atoms with van der Waals surface area (Å²) in [5, 5.41) is 10.7. The monoisotopic (exact) mass is 1490 g/mol. The van der Waals surface area contributed by atoms with Gasteiger partial charge < -0.3 is 33.8 Å². The van der Waals surface area contributed by atoms with Crippen molar-refractivity contribution in [3.63, 3.8) is 0 Å². The standard InChI is InChI=1S/C83H158O17P2/c1-8-11-12-13-14-15-16-17-20-27-32-37-42-50-57-64-80(85)93-70-78(99-82(87)66-59-52-43-38-33-28-22-19-18-21-25-30-35-40-47-54-61-74(4)5)72-97-101(89,90)95-68-77(84)69-96-102(91,92)98-73-79(71-94-81(86)65-58-51-46-45-49-56-63-76(7)10-3)100-83(88)67-60-53-44-39-34-29-24-23-26-31-36-41-48-55-62-75(6)9-2/h15-17,20,74-79,84H,8-14,18-19,21-73H2,1-7H3,(H,89,90)(H,91,92)/b16-15-,20-17-/t75?,76?,77-,78-,79-/m1/s1. The van der Waals surface area contributed by atoms with Gasteiger partial charge in [0.2, 0.25) is 0 Å². The molecule has 102 heavy (non-hydrogen) atoms. The zero-order valence-electron chi connectivity index (χ0n) is 66.6. The van der Waals surface area contributed by atoms with Gasteiger partial charge in [0.05, 0.1) is 26.4 Å². The Morgan fingerprint density at radius 3 is 0.873 bits per heavy atom. The first-order chi connectivity index (χ1) is 49.3. The minimum Gasteiger partial charge on any atom is -0.462 e. The summed E-state index contributed by atoms with van der Waals surface area (Å²) in [5.74, 6) is 0.241. The molecule has 602 valence electrons. The molecule has 3 N–H and O–H groups in total. The zero-order chi connectivity index (χ0) is 75.1. The minimum atomic E-state index is -4.97. The van der Waals surface area contributed by atoms with E-state index in [0.717, 1.165) is 133 Å². The molecule has 0 rings (SSSR count). The lowest BCUT2D eigenvalue weighted by atomic mass is 9.99. The molecule has 0 aromatic rings. The normalized spacial score (nSPS) is 14.6. The van der Waals surface area contributed by atoms with Gasteiger partial charge in [-0.25, -0.2) is 9.13 Å². The van der Waals surface area contributed by atoms with Crippen LogP contribution in [0.3, 0.4) is 0 Å². The fraction of sp³-hybridized carbons (Fsp3) is 0.904. The van der Waals surface area contributed by atoms with Gasteiger partial charge in [-0.2, -0.15) is 0 Å². The molecule has 0 aromatic carbocycles. The second kappa shape index (κ2) is 72.7. The van der Waals surface area contributed by atoms with Gasteiger partial charge in [0, 0.05) is 25.7 Å². The van der Waals surface area contributed by atoms with E-state index in [1.807, 2.05) is 0 Å². The van der Waals surface area contributed by atoms with Crippen molar-refractivity contribution in [3.05, 3.63) is 24.3 Å². The Hall–Kier alpha value is -2.46. The second-order valence-corrected chi connectivity index (χ2v) is 33.0. The number of carbonyl (C=O) groups is 4. The van der Waals surface area contributed by atoms with Crippen molar-refractivity contribution in [3.8, 4) is 0 Å². The van der Waals surface area contributed by atoms with Crippen LogP contribution in [0.2, 0.25) is 0 Å². The molecule has 17 nitrogen and oxygen atoms in total. The Bertz CT molecular complexity index is 2070. The van der Waals surface area contributed by atoms with Crippen LogP contribution >= 0.6 is 15.6 Å². The summed E-state index contributed by atoms with van der Waals surface area (Å²) < 4.78 is 68.7. The molecular weight excluding hydrogens is 1330 g/mol. The highest BCUT2D eigenvalue weighted by atomic mass is 31.2. The van der Waals surface area contributed by atoms with E-state index in [1.54, 1.807) is 0 Å². The number of aliphatic hydroxyl groups excluding tert-OH is 1. The van der Waals surface area contributed by atoms with E-state index in [0.29, 0.717) is 25.7 Å². The van der Waals surface area contributed by atoms with Gasteiger partial charge in [0.1, 0.15) is 19.3 Å². The fourth-order valence-corrected chi connectivity index (χ4v) is 13.8. The predicted molar refractivity (Wildman–Crippen MR) is 418 cm³/mol. The quantitative estimate of drug-likeness (QED) is 0.0169. The molecule has 0 saturated heterocycles. The van der Waals surface area contributed by atoms with Gasteiger partial charge in [-0.05, 0) is 69.1 Å². The van der Waals surface area contributed by atoms with Crippen molar-refractivity contribution in [2.45, 2.75) is 426 Å². The summed E-state index contributed by atoms with van der Waals surface area (Å²) in [6.45, 7) is 11.9. The van der Waals surface area contributed by atoms with Crippen LogP contribution in [0.4, 0.5) is 0 Å². The van der Waals surface area contributed by atoms with Crippen LogP contribution in [0, 0.1) is 17.8 Å².